The highest BCUT2D eigenvalue weighted by Gasteiger charge is 2.60. The first-order valence-electron chi connectivity index (χ1n) is 4.13. The summed E-state index contributed by atoms with van der Waals surface area (Å²) in [6.07, 6.45) is 3.19. The van der Waals surface area contributed by atoms with Crippen LogP contribution in [-0.2, 0) is 9.59 Å². The Morgan fingerprint density at radius 1 is 1.73 bits per heavy atom. The van der Waals surface area contributed by atoms with Gasteiger partial charge in [0.25, 0.3) is 0 Å². The fraction of sp³-hybridized carbons (Fsp3) is 0.778. The summed E-state index contributed by atoms with van der Waals surface area (Å²) in [5.41, 5.74) is 0.156. The zero-order valence-corrected chi connectivity index (χ0v) is 6.72. The second kappa shape index (κ2) is 1.93. The van der Waals surface area contributed by atoms with E-state index in [1.165, 1.54) is 0 Å². The van der Waals surface area contributed by atoms with E-state index in [0.717, 1.165) is 12.8 Å². The molecule has 0 radical (unpaired) electrons. The maximum atomic E-state index is 11.0. The third-order valence-corrected chi connectivity index (χ3v) is 2.98. The number of Topliss-reactive ketones (excluding diaryl/α,β-unsaturated/α-hetero) is 2. The van der Waals surface area contributed by atoms with E-state index in [1.54, 1.807) is 6.92 Å². The van der Waals surface area contributed by atoms with Gasteiger partial charge in [0.15, 0.2) is 0 Å². The fourth-order valence-electron chi connectivity index (χ4n) is 2.45. The van der Waals surface area contributed by atoms with Gasteiger partial charge in [0.05, 0.1) is 0 Å². The van der Waals surface area contributed by atoms with Crippen molar-refractivity contribution in [3.63, 3.8) is 0 Å². The van der Waals surface area contributed by atoms with Crippen molar-refractivity contribution < 1.29 is 9.59 Å². The Morgan fingerprint density at radius 2 is 2.45 bits per heavy atom. The van der Waals surface area contributed by atoms with Gasteiger partial charge in [0.2, 0.25) is 0 Å². The monoisotopic (exact) mass is 152 g/mol. The number of rotatable bonds is 2. The zero-order valence-electron chi connectivity index (χ0n) is 6.72. The molecule has 0 bridgehead atoms. The lowest BCUT2D eigenvalue weighted by atomic mass is 9.97. The number of ketones is 2. The van der Waals surface area contributed by atoms with Crippen LogP contribution < -0.4 is 0 Å². The Kier molecular flexibility index (Phi) is 1.23. The van der Waals surface area contributed by atoms with E-state index in [1.807, 2.05) is 0 Å². The van der Waals surface area contributed by atoms with Crippen molar-refractivity contribution in [1.82, 2.24) is 0 Å². The highest BCUT2D eigenvalue weighted by atomic mass is 16.1. The van der Waals surface area contributed by atoms with Gasteiger partial charge in [-0.25, -0.2) is 0 Å². The molecule has 0 saturated heterocycles. The fourth-order valence-corrected chi connectivity index (χ4v) is 2.45. The van der Waals surface area contributed by atoms with Crippen molar-refractivity contribution in [3.05, 3.63) is 0 Å². The summed E-state index contributed by atoms with van der Waals surface area (Å²) in [6, 6.07) is 0. The standard InChI is InChI=1S/C9H12O2/c1-6(10)3-9-4-7(9)2-8(11)5-9/h7H,2-5H2,1H3/t7-,9-/m0/s1. The first kappa shape index (κ1) is 7.01. The largest absolute Gasteiger partial charge is 0.300 e. The first-order valence-corrected chi connectivity index (χ1v) is 4.13. The summed E-state index contributed by atoms with van der Waals surface area (Å²) in [5, 5.41) is 0. The molecule has 2 saturated carbocycles. The number of fused-ring (bicyclic) bond motifs is 1. The van der Waals surface area contributed by atoms with Gasteiger partial charge >= 0.3 is 0 Å². The van der Waals surface area contributed by atoms with Crippen LogP contribution in [0.25, 0.3) is 0 Å². The molecule has 0 unspecified atom stereocenters. The van der Waals surface area contributed by atoms with Crippen molar-refractivity contribution in [2.24, 2.45) is 11.3 Å². The van der Waals surface area contributed by atoms with Gasteiger partial charge < -0.3 is 4.79 Å². The van der Waals surface area contributed by atoms with E-state index in [9.17, 15) is 9.59 Å². The molecule has 2 aliphatic rings. The Bertz CT molecular complexity index is 232. The molecular weight excluding hydrogens is 140 g/mol. The Balaban J connectivity index is 2.04. The summed E-state index contributed by atoms with van der Waals surface area (Å²) >= 11 is 0. The molecule has 0 aromatic heterocycles. The van der Waals surface area contributed by atoms with E-state index in [-0.39, 0.29) is 11.2 Å². The SMILES string of the molecule is CC(=O)C[C@]12CC(=O)C[C@H]1C2. The number of carbonyl (C=O) groups excluding carboxylic acids is 2. The van der Waals surface area contributed by atoms with Gasteiger partial charge in [-0.3, -0.25) is 4.79 Å². The maximum Gasteiger partial charge on any atom is 0.133 e. The van der Waals surface area contributed by atoms with Gasteiger partial charge in [0, 0.05) is 19.3 Å². The molecule has 0 aromatic rings. The Hall–Kier alpha value is -0.660. The Labute approximate surface area is 66.0 Å². The van der Waals surface area contributed by atoms with Gasteiger partial charge in [-0.15, -0.1) is 0 Å². The number of carbonyl (C=O) groups is 2. The molecule has 2 rings (SSSR count). The predicted octanol–water partition coefficient (Wildman–Crippen LogP) is 1.33. The lowest BCUT2D eigenvalue weighted by molar-refractivity contribution is -0.119. The zero-order chi connectivity index (χ0) is 8.06. The Morgan fingerprint density at radius 3 is 2.91 bits per heavy atom. The summed E-state index contributed by atoms with van der Waals surface area (Å²) < 4.78 is 0. The predicted molar refractivity (Wildman–Crippen MR) is 40.1 cm³/mol. The van der Waals surface area contributed by atoms with E-state index >= 15 is 0 Å². The summed E-state index contributed by atoms with van der Waals surface area (Å²) in [4.78, 5) is 21.8. The molecule has 2 aliphatic carbocycles. The smallest absolute Gasteiger partial charge is 0.133 e. The number of hydrogen-bond acceptors (Lipinski definition) is 2. The number of hydrogen-bond donors (Lipinski definition) is 0. The molecule has 2 atom stereocenters. The highest BCUT2D eigenvalue weighted by Crippen LogP contribution is 2.64. The first-order chi connectivity index (χ1) is 5.12. The topological polar surface area (TPSA) is 34.1 Å². The van der Waals surface area contributed by atoms with Crippen molar-refractivity contribution in [2.45, 2.75) is 32.6 Å². The summed E-state index contributed by atoms with van der Waals surface area (Å²) in [6.45, 7) is 1.62. The molecule has 60 valence electrons. The average Bonchev–Trinajstić information content (AvgIpc) is 2.32. The molecular formula is C9H12O2. The van der Waals surface area contributed by atoms with Gasteiger partial charge in [-0.2, -0.15) is 0 Å². The van der Waals surface area contributed by atoms with Crippen LogP contribution in [0.2, 0.25) is 0 Å². The van der Waals surface area contributed by atoms with Crippen LogP contribution in [-0.4, -0.2) is 11.6 Å². The van der Waals surface area contributed by atoms with Crippen LogP contribution in [0.3, 0.4) is 0 Å². The quantitative estimate of drug-likeness (QED) is 0.598. The van der Waals surface area contributed by atoms with Crippen LogP contribution in [0.5, 0.6) is 0 Å². The molecule has 2 fully saturated rings. The van der Waals surface area contributed by atoms with Crippen molar-refractivity contribution in [2.75, 3.05) is 0 Å². The lowest BCUT2D eigenvalue weighted by Gasteiger charge is -2.06. The lowest BCUT2D eigenvalue weighted by Crippen LogP contribution is -2.07. The molecule has 0 spiro atoms. The molecule has 0 N–H and O–H groups in total. The minimum Gasteiger partial charge on any atom is -0.300 e. The summed E-state index contributed by atoms with van der Waals surface area (Å²) in [7, 11) is 0. The van der Waals surface area contributed by atoms with E-state index in [4.69, 9.17) is 0 Å². The third-order valence-electron chi connectivity index (χ3n) is 2.98. The van der Waals surface area contributed by atoms with Crippen molar-refractivity contribution >= 4 is 11.6 Å². The van der Waals surface area contributed by atoms with Gasteiger partial charge in [-0.05, 0) is 24.7 Å². The van der Waals surface area contributed by atoms with Gasteiger partial charge in [0.1, 0.15) is 11.6 Å². The van der Waals surface area contributed by atoms with Crippen LogP contribution in [0, 0.1) is 11.3 Å². The van der Waals surface area contributed by atoms with Gasteiger partial charge in [-0.1, -0.05) is 0 Å². The van der Waals surface area contributed by atoms with Crippen LogP contribution in [0.4, 0.5) is 0 Å². The molecule has 2 heteroatoms. The van der Waals surface area contributed by atoms with Crippen LogP contribution in [0.1, 0.15) is 32.6 Å². The van der Waals surface area contributed by atoms with E-state index in [0.29, 0.717) is 24.5 Å². The van der Waals surface area contributed by atoms with Crippen molar-refractivity contribution in [3.8, 4) is 0 Å². The molecule has 0 amide bonds. The molecule has 0 heterocycles. The third kappa shape index (κ3) is 1.01. The minimum atomic E-state index is 0.156. The molecule has 0 aliphatic heterocycles. The van der Waals surface area contributed by atoms with Crippen LogP contribution in [0.15, 0.2) is 0 Å². The average molecular weight is 152 g/mol. The normalized spacial score (nSPS) is 40.5. The second-order valence-electron chi connectivity index (χ2n) is 4.06. The second-order valence-corrected chi connectivity index (χ2v) is 4.06. The summed E-state index contributed by atoms with van der Waals surface area (Å²) in [5.74, 6) is 1.17. The van der Waals surface area contributed by atoms with Crippen LogP contribution >= 0.6 is 0 Å². The van der Waals surface area contributed by atoms with E-state index < -0.39 is 0 Å². The highest BCUT2D eigenvalue weighted by molar-refractivity contribution is 5.86. The molecule has 11 heavy (non-hydrogen) atoms. The van der Waals surface area contributed by atoms with Crippen molar-refractivity contribution in [1.29, 1.82) is 0 Å². The molecule has 0 aromatic carbocycles. The minimum absolute atomic E-state index is 0.156. The van der Waals surface area contributed by atoms with E-state index in [2.05, 4.69) is 0 Å². The molecule has 2 nitrogen and oxygen atoms in total. The maximum absolute atomic E-state index is 11.0.